The van der Waals surface area contributed by atoms with Gasteiger partial charge in [-0.2, -0.15) is 0 Å². The Kier molecular flexibility index (Phi) is 5.27. The average Bonchev–Trinajstić information content (AvgIpc) is 3.27. The molecule has 1 atom stereocenters. The summed E-state index contributed by atoms with van der Waals surface area (Å²) in [4.78, 5) is 30.8. The number of hydrogen-bond donors (Lipinski definition) is 1. The minimum atomic E-state index is -0.223. The van der Waals surface area contributed by atoms with Gasteiger partial charge >= 0.3 is 0 Å². The molecule has 0 aliphatic heterocycles. The maximum absolute atomic E-state index is 13.1. The minimum absolute atomic E-state index is 0.0981. The second kappa shape index (κ2) is 8.01. The number of nitrogens with zero attached hydrogens (tertiary/aromatic N) is 2. The van der Waals surface area contributed by atoms with E-state index in [1.165, 1.54) is 0 Å². The molecule has 2 aromatic carbocycles. The van der Waals surface area contributed by atoms with Crippen molar-refractivity contribution in [2.45, 2.75) is 26.4 Å². The number of benzene rings is 2. The van der Waals surface area contributed by atoms with Crippen molar-refractivity contribution in [2.24, 2.45) is 0 Å². The van der Waals surface area contributed by atoms with Crippen molar-refractivity contribution in [1.82, 2.24) is 14.9 Å². The first-order valence-electron chi connectivity index (χ1n) is 9.49. The molecule has 29 heavy (non-hydrogen) atoms. The van der Waals surface area contributed by atoms with E-state index in [1.54, 1.807) is 41.0 Å². The molecule has 0 aliphatic carbocycles. The number of rotatable bonds is 5. The molecule has 4 aromatic rings. The molecule has 0 radical (unpaired) electrons. The third kappa shape index (κ3) is 3.71. The molecule has 5 nitrogen and oxygen atoms in total. The molecule has 0 aliphatic rings. The van der Waals surface area contributed by atoms with Crippen LogP contribution in [0.5, 0.6) is 0 Å². The lowest BCUT2D eigenvalue weighted by Crippen LogP contribution is -2.29. The standard InChI is InChI=1S/C23H21N3O2S/c1-3-26-19-12-11-17(14-18(19)24-15(2)23(26)28)22(27)25-21(20-10-7-13-29-20)16-8-5-4-6-9-16/h4-14,21H,3H2,1-2H3,(H,25,27). The van der Waals surface area contributed by atoms with Crippen LogP contribution in [-0.2, 0) is 6.54 Å². The largest absolute Gasteiger partial charge is 0.340 e. The molecule has 0 spiro atoms. The summed E-state index contributed by atoms with van der Waals surface area (Å²) in [6.45, 7) is 4.17. The molecule has 0 saturated carbocycles. The predicted octanol–water partition coefficient (Wildman–Crippen LogP) is 4.31. The van der Waals surface area contributed by atoms with E-state index in [0.29, 0.717) is 23.3 Å². The summed E-state index contributed by atoms with van der Waals surface area (Å²) in [5, 5.41) is 5.15. The summed E-state index contributed by atoms with van der Waals surface area (Å²) in [6.07, 6.45) is 0. The molecule has 146 valence electrons. The quantitative estimate of drug-likeness (QED) is 0.540. The fourth-order valence-corrected chi connectivity index (χ4v) is 4.27. The Hall–Kier alpha value is -3.25. The lowest BCUT2D eigenvalue weighted by molar-refractivity contribution is 0.0943. The molecule has 4 rings (SSSR count). The van der Waals surface area contributed by atoms with Gasteiger partial charge in [-0.1, -0.05) is 36.4 Å². The van der Waals surface area contributed by atoms with Gasteiger partial charge in [0.2, 0.25) is 0 Å². The van der Waals surface area contributed by atoms with E-state index in [2.05, 4.69) is 10.3 Å². The number of amides is 1. The van der Waals surface area contributed by atoms with Crippen LogP contribution in [0.4, 0.5) is 0 Å². The van der Waals surface area contributed by atoms with Crippen molar-refractivity contribution >= 4 is 28.3 Å². The van der Waals surface area contributed by atoms with Crippen molar-refractivity contribution in [3.05, 3.63) is 98.1 Å². The third-order valence-electron chi connectivity index (χ3n) is 4.92. The molecule has 0 saturated heterocycles. The number of nitrogens with one attached hydrogen (secondary N) is 1. The maximum atomic E-state index is 13.1. The lowest BCUT2D eigenvalue weighted by Gasteiger charge is -2.18. The number of aryl methyl sites for hydroxylation is 2. The van der Waals surface area contributed by atoms with Gasteiger partial charge in [0.1, 0.15) is 5.69 Å². The molecule has 1 amide bonds. The summed E-state index contributed by atoms with van der Waals surface area (Å²) < 4.78 is 1.68. The monoisotopic (exact) mass is 403 g/mol. The number of carbonyl (C=O) groups excluding carboxylic acids is 1. The van der Waals surface area contributed by atoms with Crippen molar-refractivity contribution < 1.29 is 4.79 Å². The van der Waals surface area contributed by atoms with E-state index < -0.39 is 0 Å². The fraction of sp³-hybridized carbons (Fsp3) is 0.174. The van der Waals surface area contributed by atoms with Crippen LogP contribution in [0.2, 0.25) is 0 Å². The molecule has 6 heteroatoms. The van der Waals surface area contributed by atoms with Gasteiger partial charge < -0.3 is 9.88 Å². The van der Waals surface area contributed by atoms with Crippen LogP contribution < -0.4 is 10.9 Å². The Bertz CT molecular complexity index is 1210. The summed E-state index contributed by atoms with van der Waals surface area (Å²) in [6, 6.07) is 19.0. The molecule has 2 heterocycles. The third-order valence-corrected chi connectivity index (χ3v) is 5.86. The first-order valence-corrected chi connectivity index (χ1v) is 10.4. The lowest BCUT2D eigenvalue weighted by atomic mass is 10.0. The number of aromatic nitrogens is 2. The van der Waals surface area contributed by atoms with Crippen LogP contribution in [0, 0.1) is 6.92 Å². The van der Waals surface area contributed by atoms with E-state index >= 15 is 0 Å². The zero-order valence-corrected chi connectivity index (χ0v) is 17.1. The van der Waals surface area contributed by atoms with Crippen molar-refractivity contribution in [3.8, 4) is 0 Å². The van der Waals surface area contributed by atoms with Crippen LogP contribution in [0.15, 0.2) is 70.8 Å². The smallest absolute Gasteiger partial charge is 0.272 e. The topological polar surface area (TPSA) is 64.0 Å². The number of fused-ring (bicyclic) bond motifs is 1. The highest BCUT2D eigenvalue weighted by Gasteiger charge is 2.19. The van der Waals surface area contributed by atoms with Gasteiger partial charge in [-0.3, -0.25) is 9.59 Å². The Morgan fingerprint density at radius 1 is 1.14 bits per heavy atom. The van der Waals surface area contributed by atoms with Crippen LogP contribution in [-0.4, -0.2) is 15.5 Å². The number of thiophene rings is 1. The van der Waals surface area contributed by atoms with E-state index in [4.69, 9.17) is 0 Å². The minimum Gasteiger partial charge on any atom is -0.340 e. The number of carbonyl (C=O) groups is 1. The Morgan fingerprint density at radius 2 is 1.93 bits per heavy atom. The first-order chi connectivity index (χ1) is 14.1. The fourth-order valence-electron chi connectivity index (χ4n) is 3.46. The second-order valence-corrected chi connectivity index (χ2v) is 7.76. The van der Waals surface area contributed by atoms with Crippen LogP contribution in [0.3, 0.4) is 0 Å². The van der Waals surface area contributed by atoms with Gasteiger partial charge in [-0.15, -0.1) is 11.3 Å². The molecule has 1 N–H and O–H groups in total. The highest BCUT2D eigenvalue weighted by molar-refractivity contribution is 7.10. The summed E-state index contributed by atoms with van der Waals surface area (Å²) in [5.41, 5.74) is 3.25. The van der Waals surface area contributed by atoms with Gasteiger partial charge in [0, 0.05) is 17.0 Å². The molecule has 2 aromatic heterocycles. The van der Waals surface area contributed by atoms with Crippen molar-refractivity contribution in [2.75, 3.05) is 0 Å². The second-order valence-electron chi connectivity index (χ2n) is 6.78. The molecule has 1 unspecified atom stereocenters. The molecule has 0 bridgehead atoms. The van der Waals surface area contributed by atoms with Crippen LogP contribution in [0.25, 0.3) is 11.0 Å². The van der Waals surface area contributed by atoms with E-state index in [0.717, 1.165) is 16.0 Å². The summed E-state index contributed by atoms with van der Waals surface area (Å²) >= 11 is 1.61. The van der Waals surface area contributed by atoms with Gasteiger partial charge in [-0.25, -0.2) is 4.98 Å². The summed E-state index contributed by atoms with van der Waals surface area (Å²) in [7, 11) is 0. The number of hydrogen-bond acceptors (Lipinski definition) is 4. The van der Waals surface area contributed by atoms with E-state index in [1.807, 2.05) is 54.8 Å². The zero-order chi connectivity index (χ0) is 20.4. The Balaban J connectivity index is 1.71. The molecule has 0 fully saturated rings. The van der Waals surface area contributed by atoms with E-state index in [9.17, 15) is 9.59 Å². The Morgan fingerprint density at radius 3 is 2.62 bits per heavy atom. The predicted molar refractivity (Wildman–Crippen MR) is 116 cm³/mol. The van der Waals surface area contributed by atoms with Crippen molar-refractivity contribution in [3.63, 3.8) is 0 Å². The SMILES string of the molecule is CCn1c(=O)c(C)nc2cc(C(=O)NC(c3ccccc3)c3cccs3)ccc21. The molecular weight excluding hydrogens is 382 g/mol. The highest BCUT2D eigenvalue weighted by Crippen LogP contribution is 2.26. The summed E-state index contributed by atoms with van der Waals surface area (Å²) in [5.74, 6) is -0.178. The van der Waals surface area contributed by atoms with Gasteiger partial charge in [0.05, 0.1) is 17.1 Å². The zero-order valence-electron chi connectivity index (χ0n) is 16.3. The van der Waals surface area contributed by atoms with E-state index in [-0.39, 0.29) is 17.5 Å². The normalized spacial score (nSPS) is 12.1. The van der Waals surface area contributed by atoms with Gasteiger partial charge in [0.25, 0.3) is 11.5 Å². The van der Waals surface area contributed by atoms with Crippen LogP contribution >= 0.6 is 11.3 Å². The Labute approximate surface area is 172 Å². The van der Waals surface area contributed by atoms with Gasteiger partial charge in [-0.05, 0) is 49.1 Å². The first kappa shape index (κ1) is 19.1. The van der Waals surface area contributed by atoms with Crippen molar-refractivity contribution in [1.29, 1.82) is 0 Å². The molecular formula is C23H21N3O2S. The van der Waals surface area contributed by atoms with Crippen LogP contribution in [0.1, 0.15) is 39.5 Å². The maximum Gasteiger partial charge on any atom is 0.272 e. The highest BCUT2D eigenvalue weighted by atomic mass is 32.1. The van der Waals surface area contributed by atoms with Gasteiger partial charge in [0.15, 0.2) is 0 Å². The average molecular weight is 404 g/mol.